The number of benzene rings is 4. The van der Waals surface area contributed by atoms with E-state index < -0.39 is 11.8 Å². The first-order valence-corrected chi connectivity index (χ1v) is 10.7. The summed E-state index contributed by atoms with van der Waals surface area (Å²) in [5.74, 6) is 0. The van der Waals surface area contributed by atoms with E-state index in [1.807, 2.05) is 32.9 Å². The molecule has 1 heterocycles. The van der Waals surface area contributed by atoms with Crippen LogP contribution in [0.5, 0.6) is 0 Å². The van der Waals surface area contributed by atoms with Crippen LogP contribution in [0.1, 0.15) is 29.1 Å². The molecule has 31 heavy (non-hydrogen) atoms. The Kier molecular flexibility index (Phi) is 4.27. The third kappa shape index (κ3) is 3.96. The van der Waals surface area contributed by atoms with Gasteiger partial charge in [0, 0.05) is 14.5 Å². The third-order valence-electron chi connectivity index (χ3n) is 5.52. The standard InChI is InChI=1S/C30H27N/c1-30(2,3)20-21-15-16-31-29(17-21)24-11-8-10-22(18-24)28-19-23-9-4-5-12-25(23)26-13-6-7-14-27(26)28/h4-19H,20H2,1-3H3/i20D2. The maximum atomic E-state index is 8.66. The van der Waals surface area contributed by atoms with Gasteiger partial charge in [0.15, 0.2) is 0 Å². The van der Waals surface area contributed by atoms with Gasteiger partial charge < -0.3 is 0 Å². The van der Waals surface area contributed by atoms with Crippen molar-refractivity contribution < 1.29 is 2.74 Å². The van der Waals surface area contributed by atoms with Crippen molar-refractivity contribution in [3.8, 4) is 22.4 Å². The predicted molar refractivity (Wildman–Crippen MR) is 133 cm³/mol. The van der Waals surface area contributed by atoms with E-state index >= 15 is 0 Å². The Morgan fingerprint density at radius 1 is 0.710 bits per heavy atom. The Bertz CT molecular complexity index is 1480. The van der Waals surface area contributed by atoms with E-state index in [0.717, 1.165) is 16.8 Å². The second-order valence-electron chi connectivity index (χ2n) is 9.08. The van der Waals surface area contributed by atoms with E-state index in [9.17, 15) is 0 Å². The maximum absolute atomic E-state index is 8.66. The molecule has 0 spiro atoms. The first-order chi connectivity index (χ1) is 15.8. The summed E-state index contributed by atoms with van der Waals surface area (Å²) in [6.07, 6.45) is 0.253. The van der Waals surface area contributed by atoms with Crippen molar-refractivity contribution >= 4 is 21.5 Å². The number of fused-ring (bicyclic) bond motifs is 3. The molecule has 4 aromatic carbocycles. The Morgan fingerprint density at radius 2 is 1.42 bits per heavy atom. The van der Waals surface area contributed by atoms with Crippen LogP contribution in [0.4, 0.5) is 0 Å². The molecule has 0 saturated heterocycles. The Hall–Kier alpha value is -3.45. The fourth-order valence-electron chi connectivity index (χ4n) is 4.24. The minimum Gasteiger partial charge on any atom is -0.256 e. The number of hydrogen-bond donors (Lipinski definition) is 0. The van der Waals surface area contributed by atoms with E-state index in [4.69, 9.17) is 2.74 Å². The fourth-order valence-corrected chi connectivity index (χ4v) is 4.24. The van der Waals surface area contributed by atoms with Gasteiger partial charge in [-0.25, -0.2) is 0 Å². The van der Waals surface area contributed by atoms with Crippen LogP contribution in [-0.4, -0.2) is 4.98 Å². The molecular formula is C30H27N. The topological polar surface area (TPSA) is 12.9 Å². The average molecular weight is 404 g/mol. The van der Waals surface area contributed by atoms with Crippen LogP contribution in [-0.2, 0) is 6.37 Å². The molecule has 0 bridgehead atoms. The molecule has 1 aromatic heterocycles. The van der Waals surface area contributed by atoms with Gasteiger partial charge in [-0.15, -0.1) is 0 Å². The largest absolute Gasteiger partial charge is 0.256 e. The summed E-state index contributed by atoms with van der Waals surface area (Å²) < 4.78 is 17.3. The Labute approximate surface area is 187 Å². The van der Waals surface area contributed by atoms with E-state index in [-0.39, 0.29) is 0 Å². The van der Waals surface area contributed by atoms with Gasteiger partial charge >= 0.3 is 0 Å². The summed E-state index contributed by atoms with van der Waals surface area (Å²) in [4.78, 5) is 4.59. The normalized spacial score (nSPS) is 13.3. The third-order valence-corrected chi connectivity index (χ3v) is 5.52. The molecule has 0 atom stereocenters. The summed E-state index contributed by atoms with van der Waals surface area (Å²) in [6.45, 7) is 5.79. The minimum atomic E-state index is -1.46. The predicted octanol–water partition coefficient (Wildman–Crippen LogP) is 8.31. The molecule has 0 amide bonds. The van der Waals surface area contributed by atoms with Gasteiger partial charge in [0.1, 0.15) is 0 Å². The molecule has 5 aromatic rings. The van der Waals surface area contributed by atoms with E-state index in [1.54, 1.807) is 12.3 Å². The molecule has 0 aliphatic rings. The van der Waals surface area contributed by atoms with Crippen molar-refractivity contribution in [2.24, 2.45) is 5.41 Å². The highest BCUT2D eigenvalue weighted by molar-refractivity contribution is 6.13. The second-order valence-corrected chi connectivity index (χ2v) is 9.08. The van der Waals surface area contributed by atoms with Crippen LogP contribution in [0.15, 0.2) is 97.2 Å². The van der Waals surface area contributed by atoms with Crippen molar-refractivity contribution in [2.75, 3.05) is 0 Å². The number of pyridine rings is 1. The molecule has 1 nitrogen and oxygen atoms in total. The van der Waals surface area contributed by atoms with Crippen LogP contribution < -0.4 is 0 Å². The number of aromatic nitrogens is 1. The molecule has 0 unspecified atom stereocenters. The molecule has 0 radical (unpaired) electrons. The summed E-state index contributed by atoms with van der Waals surface area (Å²) in [6, 6.07) is 31.4. The van der Waals surface area contributed by atoms with Gasteiger partial charge in [0.25, 0.3) is 0 Å². The summed E-state index contributed by atoms with van der Waals surface area (Å²) in [5, 5.41) is 4.94. The molecule has 0 N–H and O–H groups in total. The van der Waals surface area contributed by atoms with Crippen LogP contribution in [0.3, 0.4) is 0 Å². The smallest absolute Gasteiger partial charge is 0.0704 e. The lowest BCUT2D eigenvalue weighted by Gasteiger charge is -2.18. The van der Waals surface area contributed by atoms with Crippen molar-refractivity contribution in [3.63, 3.8) is 0 Å². The summed E-state index contributed by atoms with van der Waals surface area (Å²) in [5.41, 5.74) is 4.22. The van der Waals surface area contributed by atoms with E-state index in [1.165, 1.54) is 27.1 Å². The number of hydrogen-bond acceptors (Lipinski definition) is 1. The minimum absolute atomic E-state index is 0.516. The zero-order chi connectivity index (χ0) is 23.2. The van der Waals surface area contributed by atoms with Gasteiger partial charge in [-0.3, -0.25) is 4.98 Å². The Balaban J connectivity index is 1.66. The molecule has 0 aliphatic heterocycles. The van der Waals surface area contributed by atoms with Gasteiger partial charge in [-0.05, 0) is 74.3 Å². The van der Waals surface area contributed by atoms with Crippen LogP contribution in [0.2, 0.25) is 0 Å². The second kappa shape index (κ2) is 7.67. The average Bonchev–Trinajstić information content (AvgIpc) is 2.83. The quantitative estimate of drug-likeness (QED) is 0.276. The lowest BCUT2D eigenvalue weighted by atomic mass is 9.88. The molecular weight excluding hydrogens is 374 g/mol. The lowest BCUT2D eigenvalue weighted by molar-refractivity contribution is 0.411. The van der Waals surface area contributed by atoms with Crippen LogP contribution in [0, 0.1) is 5.41 Å². The lowest BCUT2D eigenvalue weighted by Crippen LogP contribution is -2.09. The highest BCUT2D eigenvalue weighted by Crippen LogP contribution is 2.36. The number of rotatable bonds is 3. The molecule has 5 rings (SSSR count). The first-order valence-electron chi connectivity index (χ1n) is 11.7. The maximum Gasteiger partial charge on any atom is 0.0704 e. The SMILES string of the molecule is [2H]C([2H])(c1ccnc(-c2cccc(-c3cc4ccccc4c4ccccc34)c2)c1)C(C)(C)C. The number of nitrogens with zero attached hydrogens (tertiary/aromatic N) is 1. The molecule has 0 saturated carbocycles. The van der Waals surface area contributed by atoms with Gasteiger partial charge in [0.2, 0.25) is 0 Å². The highest BCUT2D eigenvalue weighted by Gasteiger charge is 2.13. The summed E-state index contributed by atoms with van der Waals surface area (Å²) in [7, 11) is 0. The fraction of sp³-hybridized carbons (Fsp3) is 0.167. The van der Waals surface area contributed by atoms with Crippen molar-refractivity contribution in [2.45, 2.75) is 27.1 Å². The first kappa shape index (κ1) is 17.3. The van der Waals surface area contributed by atoms with E-state index in [2.05, 4.69) is 77.8 Å². The molecule has 0 aliphatic carbocycles. The van der Waals surface area contributed by atoms with Gasteiger partial charge in [-0.2, -0.15) is 0 Å². The summed E-state index contributed by atoms with van der Waals surface area (Å²) >= 11 is 0. The van der Waals surface area contributed by atoms with Crippen LogP contribution in [0.25, 0.3) is 43.9 Å². The van der Waals surface area contributed by atoms with Crippen molar-refractivity contribution in [1.29, 1.82) is 0 Å². The highest BCUT2D eigenvalue weighted by atomic mass is 14.7. The monoisotopic (exact) mass is 403 g/mol. The molecule has 152 valence electrons. The van der Waals surface area contributed by atoms with E-state index in [0.29, 0.717) is 5.56 Å². The zero-order valence-corrected chi connectivity index (χ0v) is 18.2. The van der Waals surface area contributed by atoms with Crippen molar-refractivity contribution in [3.05, 3.63) is 103 Å². The van der Waals surface area contributed by atoms with Crippen molar-refractivity contribution in [1.82, 2.24) is 4.98 Å². The van der Waals surface area contributed by atoms with Crippen LogP contribution >= 0.6 is 0 Å². The Morgan fingerprint density at radius 3 is 2.23 bits per heavy atom. The van der Waals surface area contributed by atoms with Gasteiger partial charge in [-0.1, -0.05) is 87.5 Å². The molecule has 0 fully saturated rings. The van der Waals surface area contributed by atoms with Gasteiger partial charge in [0.05, 0.1) is 5.69 Å². The molecule has 1 heteroatoms. The zero-order valence-electron chi connectivity index (χ0n) is 20.2.